The molecule has 26 heavy (non-hydrogen) atoms. The van der Waals surface area contributed by atoms with Crippen LogP contribution in [0.15, 0.2) is 79.1 Å². The number of benzene rings is 2. The van der Waals surface area contributed by atoms with Crippen LogP contribution < -0.4 is 10.6 Å². The molecule has 0 saturated heterocycles. The van der Waals surface area contributed by atoms with Crippen molar-refractivity contribution in [1.82, 2.24) is 15.0 Å². The van der Waals surface area contributed by atoms with Crippen molar-refractivity contribution in [2.24, 2.45) is 0 Å². The van der Waals surface area contributed by atoms with Crippen molar-refractivity contribution in [3.63, 3.8) is 0 Å². The van der Waals surface area contributed by atoms with Crippen LogP contribution in [0.2, 0.25) is 0 Å². The average Bonchev–Trinajstić information content (AvgIpc) is 2.70. The Labute approximate surface area is 152 Å². The molecule has 5 heteroatoms. The number of nitrogens with zero attached hydrogens (tertiary/aromatic N) is 3. The van der Waals surface area contributed by atoms with Gasteiger partial charge in [-0.25, -0.2) is 4.98 Å². The molecule has 0 fully saturated rings. The molecule has 0 amide bonds. The number of fused-ring (bicyclic) bond motifs is 1. The van der Waals surface area contributed by atoms with Crippen LogP contribution >= 0.6 is 0 Å². The standard InChI is InChI=1S/C21H19N5/c1-2-6-16(7-3-1)11-14-22-19-12-15-24-21(26-19)25-18-10-4-8-17-9-5-13-23-20(17)18/h1-10,12-13,15H,11,14H2,(H2,22,24,25,26). The molecule has 128 valence electrons. The van der Waals surface area contributed by atoms with E-state index in [1.807, 2.05) is 42.5 Å². The summed E-state index contributed by atoms with van der Waals surface area (Å²) in [5, 5.41) is 7.70. The lowest BCUT2D eigenvalue weighted by molar-refractivity contribution is 1.00. The molecule has 0 aliphatic rings. The van der Waals surface area contributed by atoms with Crippen molar-refractivity contribution in [2.45, 2.75) is 6.42 Å². The van der Waals surface area contributed by atoms with Crippen molar-refractivity contribution < 1.29 is 0 Å². The Morgan fingerprint density at radius 1 is 0.769 bits per heavy atom. The summed E-state index contributed by atoms with van der Waals surface area (Å²) in [4.78, 5) is 13.3. The van der Waals surface area contributed by atoms with Gasteiger partial charge in [0.05, 0.1) is 11.2 Å². The molecule has 0 unspecified atom stereocenters. The van der Waals surface area contributed by atoms with Crippen molar-refractivity contribution >= 4 is 28.4 Å². The van der Waals surface area contributed by atoms with E-state index in [4.69, 9.17) is 0 Å². The summed E-state index contributed by atoms with van der Waals surface area (Å²) >= 11 is 0. The summed E-state index contributed by atoms with van der Waals surface area (Å²) < 4.78 is 0. The number of pyridine rings is 1. The van der Waals surface area contributed by atoms with Gasteiger partial charge in [0.25, 0.3) is 0 Å². The minimum Gasteiger partial charge on any atom is -0.370 e. The molecule has 4 aromatic rings. The third-order valence-electron chi connectivity index (χ3n) is 4.10. The normalized spacial score (nSPS) is 10.6. The first kappa shape index (κ1) is 16.0. The molecule has 0 aliphatic carbocycles. The van der Waals surface area contributed by atoms with E-state index in [1.54, 1.807) is 12.4 Å². The Hall–Kier alpha value is -3.47. The van der Waals surface area contributed by atoms with Crippen LogP contribution in [0.3, 0.4) is 0 Å². The van der Waals surface area contributed by atoms with Crippen molar-refractivity contribution in [1.29, 1.82) is 0 Å². The maximum Gasteiger partial charge on any atom is 0.229 e. The van der Waals surface area contributed by atoms with E-state index >= 15 is 0 Å². The van der Waals surface area contributed by atoms with Crippen molar-refractivity contribution in [3.05, 3.63) is 84.7 Å². The number of anilines is 3. The van der Waals surface area contributed by atoms with Crippen LogP contribution in [0, 0.1) is 0 Å². The van der Waals surface area contributed by atoms with E-state index in [-0.39, 0.29) is 0 Å². The van der Waals surface area contributed by atoms with Crippen LogP contribution in [0.4, 0.5) is 17.5 Å². The van der Waals surface area contributed by atoms with Gasteiger partial charge >= 0.3 is 0 Å². The quantitative estimate of drug-likeness (QED) is 0.543. The summed E-state index contributed by atoms with van der Waals surface area (Å²) in [7, 11) is 0. The molecule has 0 bridgehead atoms. The molecule has 2 aromatic heterocycles. The van der Waals surface area contributed by atoms with Gasteiger partial charge in [0.2, 0.25) is 5.95 Å². The second kappa shape index (κ2) is 7.61. The second-order valence-corrected chi connectivity index (χ2v) is 5.93. The number of para-hydroxylation sites is 1. The van der Waals surface area contributed by atoms with Crippen LogP contribution in [0.1, 0.15) is 5.56 Å². The number of nitrogens with one attached hydrogen (secondary N) is 2. The third-order valence-corrected chi connectivity index (χ3v) is 4.10. The van der Waals surface area contributed by atoms with E-state index < -0.39 is 0 Å². The zero-order chi connectivity index (χ0) is 17.6. The largest absolute Gasteiger partial charge is 0.370 e. The van der Waals surface area contributed by atoms with Crippen LogP contribution in [-0.4, -0.2) is 21.5 Å². The Morgan fingerprint density at radius 3 is 2.58 bits per heavy atom. The lowest BCUT2D eigenvalue weighted by Gasteiger charge is -2.10. The van der Waals surface area contributed by atoms with E-state index in [2.05, 4.69) is 49.9 Å². The minimum atomic E-state index is 0.549. The molecule has 4 rings (SSSR count). The van der Waals surface area contributed by atoms with Crippen molar-refractivity contribution in [3.8, 4) is 0 Å². The highest BCUT2D eigenvalue weighted by atomic mass is 15.1. The van der Waals surface area contributed by atoms with Gasteiger partial charge in [-0.3, -0.25) is 4.98 Å². The summed E-state index contributed by atoms with van der Waals surface area (Å²) in [6, 6.07) is 22.2. The van der Waals surface area contributed by atoms with E-state index in [0.717, 1.165) is 35.4 Å². The highest BCUT2D eigenvalue weighted by molar-refractivity contribution is 5.91. The molecule has 2 heterocycles. The Morgan fingerprint density at radius 2 is 1.65 bits per heavy atom. The molecule has 2 aromatic carbocycles. The lowest BCUT2D eigenvalue weighted by Crippen LogP contribution is -2.07. The lowest BCUT2D eigenvalue weighted by atomic mass is 10.1. The Balaban J connectivity index is 1.45. The molecule has 0 spiro atoms. The zero-order valence-electron chi connectivity index (χ0n) is 14.3. The molecular formula is C21H19N5. The third kappa shape index (κ3) is 3.78. The molecule has 5 nitrogen and oxygen atoms in total. The fraction of sp³-hybridized carbons (Fsp3) is 0.0952. The monoisotopic (exact) mass is 341 g/mol. The van der Waals surface area contributed by atoms with Gasteiger partial charge in [0.15, 0.2) is 0 Å². The maximum atomic E-state index is 4.54. The van der Waals surface area contributed by atoms with Gasteiger partial charge in [-0.15, -0.1) is 0 Å². The summed E-state index contributed by atoms with van der Waals surface area (Å²) in [5.41, 5.74) is 3.10. The predicted octanol–water partition coefficient (Wildman–Crippen LogP) is 4.42. The van der Waals surface area contributed by atoms with Crippen LogP contribution in [-0.2, 0) is 6.42 Å². The first-order valence-corrected chi connectivity index (χ1v) is 8.60. The molecular weight excluding hydrogens is 322 g/mol. The first-order valence-electron chi connectivity index (χ1n) is 8.60. The first-order chi connectivity index (χ1) is 12.9. The van der Waals surface area contributed by atoms with Gasteiger partial charge in [-0.2, -0.15) is 4.98 Å². The van der Waals surface area contributed by atoms with E-state index in [9.17, 15) is 0 Å². The van der Waals surface area contributed by atoms with Gasteiger partial charge < -0.3 is 10.6 Å². The molecule has 0 atom stereocenters. The fourth-order valence-corrected chi connectivity index (χ4v) is 2.82. The Bertz CT molecular complexity index is 996. The summed E-state index contributed by atoms with van der Waals surface area (Å²) in [6.45, 7) is 0.816. The van der Waals surface area contributed by atoms with Gasteiger partial charge in [0, 0.05) is 24.3 Å². The number of hydrogen-bond acceptors (Lipinski definition) is 5. The van der Waals surface area contributed by atoms with Crippen LogP contribution in [0.5, 0.6) is 0 Å². The number of rotatable bonds is 6. The number of aromatic nitrogens is 3. The minimum absolute atomic E-state index is 0.549. The summed E-state index contributed by atoms with van der Waals surface area (Å²) in [6.07, 6.45) is 4.48. The average molecular weight is 341 g/mol. The topological polar surface area (TPSA) is 62.7 Å². The van der Waals surface area contributed by atoms with Gasteiger partial charge in [-0.05, 0) is 30.2 Å². The van der Waals surface area contributed by atoms with Gasteiger partial charge in [0.1, 0.15) is 5.82 Å². The molecule has 0 radical (unpaired) electrons. The molecule has 0 aliphatic heterocycles. The van der Waals surface area contributed by atoms with Gasteiger partial charge in [-0.1, -0.05) is 48.5 Å². The fourth-order valence-electron chi connectivity index (χ4n) is 2.82. The Kier molecular flexibility index (Phi) is 4.69. The molecule has 0 saturated carbocycles. The second-order valence-electron chi connectivity index (χ2n) is 5.93. The highest BCUT2D eigenvalue weighted by Crippen LogP contribution is 2.23. The predicted molar refractivity (Wildman–Crippen MR) is 106 cm³/mol. The maximum absolute atomic E-state index is 4.54. The summed E-state index contributed by atoms with van der Waals surface area (Å²) in [5.74, 6) is 1.35. The highest BCUT2D eigenvalue weighted by Gasteiger charge is 2.04. The molecule has 2 N–H and O–H groups in total. The zero-order valence-corrected chi connectivity index (χ0v) is 14.3. The van der Waals surface area contributed by atoms with Crippen molar-refractivity contribution in [2.75, 3.05) is 17.2 Å². The van der Waals surface area contributed by atoms with E-state index in [1.165, 1.54) is 5.56 Å². The number of hydrogen-bond donors (Lipinski definition) is 2. The van der Waals surface area contributed by atoms with E-state index in [0.29, 0.717) is 5.95 Å². The SMILES string of the molecule is c1ccc(CCNc2ccnc(Nc3cccc4cccnc34)n2)cc1. The van der Waals surface area contributed by atoms with Crippen LogP contribution in [0.25, 0.3) is 10.9 Å². The smallest absolute Gasteiger partial charge is 0.229 e.